The van der Waals surface area contributed by atoms with E-state index in [0.29, 0.717) is 25.9 Å². The number of carbonyl (C=O) groups excluding carboxylic acids is 4. The molecule has 0 radical (unpaired) electrons. The van der Waals surface area contributed by atoms with Crippen molar-refractivity contribution in [3.63, 3.8) is 0 Å². The van der Waals surface area contributed by atoms with Crippen molar-refractivity contribution in [3.05, 3.63) is 0 Å². The van der Waals surface area contributed by atoms with Crippen LogP contribution in [0, 0.1) is 11.8 Å². The summed E-state index contributed by atoms with van der Waals surface area (Å²) in [5.74, 6) is 0.216. The van der Waals surface area contributed by atoms with Gasteiger partial charge in [-0.15, -0.1) is 0 Å². The lowest BCUT2D eigenvalue weighted by atomic mass is 10.0. The van der Waals surface area contributed by atoms with Gasteiger partial charge < -0.3 is 20.4 Å². The molecule has 2 unspecified atom stereocenters. The molecule has 0 aliphatic carbocycles. The van der Waals surface area contributed by atoms with E-state index in [1.165, 1.54) is 180 Å². The first-order chi connectivity index (χ1) is 28.4. The van der Waals surface area contributed by atoms with Gasteiger partial charge in [-0.2, -0.15) is 0 Å². The van der Waals surface area contributed by atoms with Gasteiger partial charge in [-0.05, 0) is 25.7 Å². The van der Waals surface area contributed by atoms with Crippen molar-refractivity contribution in [1.82, 2.24) is 20.4 Å². The first kappa shape index (κ1) is 53.9. The minimum atomic E-state index is -0.134. The van der Waals surface area contributed by atoms with Crippen molar-refractivity contribution in [1.29, 1.82) is 0 Å². The second-order valence-electron chi connectivity index (χ2n) is 18.0. The summed E-state index contributed by atoms with van der Waals surface area (Å²) in [5, 5.41) is 6.04. The van der Waals surface area contributed by atoms with Crippen LogP contribution >= 0.6 is 0 Å². The Labute approximate surface area is 359 Å². The molecule has 58 heavy (non-hydrogen) atoms. The number of rotatable bonds is 38. The SMILES string of the molecule is CCCCCCCCCCCCCCCCN1CC(C(=O)NCCCCCC)CC1=O.CCCCCCCCCCCCN1CC(C(=O)NCCCCCC)CC1=O. The normalized spacial score (nSPS) is 16.6. The molecule has 8 heteroatoms. The van der Waals surface area contributed by atoms with Crippen molar-refractivity contribution in [2.45, 2.75) is 246 Å². The van der Waals surface area contributed by atoms with Gasteiger partial charge in [0.25, 0.3) is 0 Å². The molecule has 340 valence electrons. The van der Waals surface area contributed by atoms with E-state index in [-0.39, 0.29) is 35.5 Å². The van der Waals surface area contributed by atoms with Gasteiger partial charge in [0.2, 0.25) is 23.6 Å². The first-order valence-corrected chi connectivity index (χ1v) is 25.5. The van der Waals surface area contributed by atoms with Gasteiger partial charge in [0, 0.05) is 52.1 Å². The van der Waals surface area contributed by atoms with Gasteiger partial charge in [-0.1, -0.05) is 207 Å². The smallest absolute Gasteiger partial charge is 0.225 e. The largest absolute Gasteiger partial charge is 0.356 e. The Hall–Kier alpha value is -2.12. The van der Waals surface area contributed by atoms with Crippen LogP contribution in [-0.2, 0) is 19.2 Å². The van der Waals surface area contributed by atoms with Gasteiger partial charge in [-0.25, -0.2) is 0 Å². The van der Waals surface area contributed by atoms with E-state index in [1.807, 2.05) is 9.80 Å². The molecular formula is C50H96N4O4. The molecule has 2 fully saturated rings. The first-order valence-electron chi connectivity index (χ1n) is 25.5. The molecular weight excluding hydrogens is 721 g/mol. The average molecular weight is 817 g/mol. The number of hydrogen-bond donors (Lipinski definition) is 2. The fourth-order valence-corrected chi connectivity index (χ4v) is 8.43. The van der Waals surface area contributed by atoms with Crippen LogP contribution in [0.5, 0.6) is 0 Å². The molecule has 8 nitrogen and oxygen atoms in total. The van der Waals surface area contributed by atoms with Crippen molar-refractivity contribution < 1.29 is 19.2 Å². The highest BCUT2D eigenvalue weighted by molar-refractivity contribution is 5.89. The van der Waals surface area contributed by atoms with E-state index in [9.17, 15) is 19.2 Å². The predicted octanol–water partition coefficient (Wildman–Crippen LogP) is 12.5. The van der Waals surface area contributed by atoms with Crippen molar-refractivity contribution in [2.75, 3.05) is 39.3 Å². The molecule has 4 amide bonds. The minimum Gasteiger partial charge on any atom is -0.356 e. The second kappa shape index (κ2) is 39.0. The molecule has 2 aliphatic rings. The van der Waals surface area contributed by atoms with Crippen LogP contribution < -0.4 is 10.6 Å². The molecule has 0 aromatic carbocycles. The topological polar surface area (TPSA) is 98.8 Å². The third-order valence-corrected chi connectivity index (χ3v) is 12.4. The highest BCUT2D eigenvalue weighted by Gasteiger charge is 2.34. The summed E-state index contributed by atoms with van der Waals surface area (Å²) in [6, 6.07) is 0. The Balaban J connectivity index is 0.000000586. The highest BCUT2D eigenvalue weighted by Crippen LogP contribution is 2.21. The summed E-state index contributed by atoms with van der Waals surface area (Å²) in [6.07, 6.45) is 42.1. The zero-order valence-corrected chi connectivity index (χ0v) is 39.0. The quantitative estimate of drug-likeness (QED) is 0.0606. The number of nitrogens with one attached hydrogen (secondary N) is 2. The Morgan fingerprint density at radius 3 is 0.914 bits per heavy atom. The molecule has 0 aromatic heterocycles. The molecule has 0 saturated carbocycles. The van der Waals surface area contributed by atoms with Crippen molar-refractivity contribution >= 4 is 23.6 Å². The third kappa shape index (κ3) is 29.2. The van der Waals surface area contributed by atoms with Crippen LogP contribution in [0.15, 0.2) is 0 Å². The van der Waals surface area contributed by atoms with Crippen molar-refractivity contribution in [2.24, 2.45) is 11.8 Å². The molecule has 2 atom stereocenters. The van der Waals surface area contributed by atoms with Crippen molar-refractivity contribution in [3.8, 4) is 0 Å². The number of amides is 4. The molecule has 0 spiro atoms. The summed E-state index contributed by atoms with van der Waals surface area (Å²) in [6.45, 7) is 13.3. The number of hydrogen-bond acceptors (Lipinski definition) is 4. The number of nitrogens with zero attached hydrogens (tertiary/aromatic N) is 2. The fourth-order valence-electron chi connectivity index (χ4n) is 8.43. The Bertz CT molecular complexity index is 1010. The van der Waals surface area contributed by atoms with Gasteiger partial charge in [0.15, 0.2) is 0 Å². The standard InChI is InChI=1S/C27H52N2O2.C23H44N2O2/c1-3-5-7-9-10-11-12-13-14-15-16-17-18-20-22-29-24-25(23-26(29)30)27(31)28-21-19-8-6-4-2;1-3-5-7-9-10-11-12-13-14-16-18-25-20-21(19-22(25)26)23(27)24-17-15-8-6-4-2/h25H,3-24H2,1-2H3,(H,28,31);21H,3-20H2,1-2H3,(H,24,27). The third-order valence-electron chi connectivity index (χ3n) is 12.4. The maximum absolute atomic E-state index is 12.3. The van der Waals surface area contributed by atoms with E-state index in [2.05, 4.69) is 38.3 Å². The van der Waals surface area contributed by atoms with Crippen LogP contribution in [0.25, 0.3) is 0 Å². The van der Waals surface area contributed by atoms with Crippen LogP contribution in [-0.4, -0.2) is 72.7 Å². The van der Waals surface area contributed by atoms with Crippen LogP contribution in [0.1, 0.15) is 246 Å². The summed E-state index contributed by atoms with van der Waals surface area (Å²) in [7, 11) is 0. The number of carbonyl (C=O) groups is 4. The van der Waals surface area contributed by atoms with Crippen LogP contribution in [0.2, 0.25) is 0 Å². The molecule has 2 aliphatic heterocycles. The molecule has 2 rings (SSSR count). The molecule has 2 N–H and O–H groups in total. The average Bonchev–Trinajstić information content (AvgIpc) is 3.79. The number of unbranched alkanes of at least 4 members (excludes halogenated alkanes) is 28. The zero-order chi connectivity index (χ0) is 42.3. The zero-order valence-electron chi connectivity index (χ0n) is 39.0. The number of likely N-dealkylation sites (tertiary alicyclic amines) is 2. The maximum atomic E-state index is 12.3. The summed E-state index contributed by atoms with van der Waals surface area (Å²) >= 11 is 0. The summed E-state index contributed by atoms with van der Waals surface area (Å²) in [4.78, 5) is 52.7. The maximum Gasteiger partial charge on any atom is 0.225 e. The molecule has 0 bridgehead atoms. The molecule has 0 aromatic rings. The monoisotopic (exact) mass is 817 g/mol. The lowest BCUT2D eigenvalue weighted by Crippen LogP contribution is -2.33. The summed E-state index contributed by atoms with van der Waals surface area (Å²) in [5.41, 5.74) is 0. The molecule has 2 heterocycles. The lowest BCUT2D eigenvalue weighted by molar-refractivity contribution is -0.129. The van der Waals surface area contributed by atoms with Gasteiger partial charge in [0.1, 0.15) is 0 Å². The molecule has 2 saturated heterocycles. The van der Waals surface area contributed by atoms with Gasteiger partial charge >= 0.3 is 0 Å². The fraction of sp³-hybridized carbons (Fsp3) is 0.920. The second-order valence-corrected chi connectivity index (χ2v) is 18.0. The highest BCUT2D eigenvalue weighted by atomic mass is 16.2. The Morgan fingerprint density at radius 2 is 0.638 bits per heavy atom. The van der Waals surface area contributed by atoms with Crippen LogP contribution in [0.3, 0.4) is 0 Å². The summed E-state index contributed by atoms with van der Waals surface area (Å²) < 4.78 is 0. The van der Waals surface area contributed by atoms with Gasteiger partial charge in [-0.3, -0.25) is 19.2 Å². The Morgan fingerprint density at radius 1 is 0.397 bits per heavy atom. The van der Waals surface area contributed by atoms with E-state index in [1.54, 1.807) is 0 Å². The van der Waals surface area contributed by atoms with E-state index in [0.717, 1.165) is 51.9 Å². The van der Waals surface area contributed by atoms with Gasteiger partial charge in [0.05, 0.1) is 11.8 Å². The van der Waals surface area contributed by atoms with E-state index in [4.69, 9.17) is 0 Å². The lowest BCUT2D eigenvalue weighted by Gasteiger charge is -2.16. The van der Waals surface area contributed by atoms with E-state index >= 15 is 0 Å². The minimum absolute atomic E-state index is 0.0745. The van der Waals surface area contributed by atoms with Crippen LogP contribution in [0.4, 0.5) is 0 Å². The predicted molar refractivity (Wildman–Crippen MR) is 246 cm³/mol. The Kier molecular flexibility index (Phi) is 36.3. The van der Waals surface area contributed by atoms with E-state index < -0.39 is 0 Å².